The van der Waals surface area contributed by atoms with E-state index < -0.39 is 0 Å². The van der Waals surface area contributed by atoms with Gasteiger partial charge in [0, 0.05) is 30.0 Å². The third kappa shape index (κ3) is 4.80. The van der Waals surface area contributed by atoms with Crippen molar-refractivity contribution in [2.45, 2.75) is 35.5 Å². The molecule has 1 atom stereocenters. The van der Waals surface area contributed by atoms with Crippen LogP contribution in [0.3, 0.4) is 0 Å². The maximum atomic E-state index is 5.37. The molecule has 2 saturated heterocycles. The van der Waals surface area contributed by atoms with E-state index in [-0.39, 0.29) is 0 Å². The van der Waals surface area contributed by atoms with Gasteiger partial charge < -0.3 is 4.74 Å². The molecule has 0 amide bonds. The van der Waals surface area contributed by atoms with Gasteiger partial charge in [0.2, 0.25) is 0 Å². The highest BCUT2D eigenvalue weighted by Gasteiger charge is 2.17. The molecule has 0 aromatic heterocycles. The maximum Gasteiger partial charge on any atom is 0.0503 e. The molecule has 88 valence electrons. The van der Waals surface area contributed by atoms with Crippen LogP contribution in [0.15, 0.2) is 0 Å². The second-order valence-electron chi connectivity index (χ2n) is 4.00. The molecule has 0 aromatic carbocycles. The van der Waals surface area contributed by atoms with Gasteiger partial charge in [0.1, 0.15) is 0 Å². The molecule has 0 saturated carbocycles. The largest absolute Gasteiger partial charge is 0.381 e. The Morgan fingerprint density at radius 3 is 2.60 bits per heavy atom. The van der Waals surface area contributed by atoms with Crippen LogP contribution in [0.4, 0.5) is 0 Å². The summed E-state index contributed by atoms with van der Waals surface area (Å²) in [5.41, 5.74) is 0. The van der Waals surface area contributed by atoms with Crippen molar-refractivity contribution in [3.63, 3.8) is 0 Å². The van der Waals surface area contributed by atoms with Gasteiger partial charge in [0.15, 0.2) is 0 Å². The lowest BCUT2D eigenvalue weighted by Crippen LogP contribution is -2.18. The minimum Gasteiger partial charge on any atom is -0.381 e. The highest BCUT2D eigenvalue weighted by Crippen LogP contribution is 2.35. The number of hydrogen-bond donors (Lipinski definition) is 0. The third-order valence-electron chi connectivity index (χ3n) is 2.80. The van der Waals surface area contributed by atoms with Crippen molar-refractivity contribution in [1.82, 2.24) is 0 Å². The first-order valence-corrected chi connectivity index (χ1v) is 9.02. The molecular formula is C11H20OS3. The van der Waals surface area contributed by atoms with E-state index in [0.717, 1.165) is 23.0 Å². The first-order chi connectivity index (χ1) is 7.45. The lowest BCUT2D eigenvalue weighted by atomic mass is 10.2. The van der Waals surface area contributed by atoms with Gasteiger partial charge >= 0.3 is 0 Å². The predicted octanol–water partition coefficient (Wildman–Crippen LogP) is 3.48. The summed E-state index contributed by atoms with van der Waals surface area (Å²) in [5, 5.41) is 0.885. The van der Waals surface area contributed by atoms with Crippen molar-refractivity contribution in [3.05, 3.63) is 0 Å². The van der Waals surface area contributed by atoms with Gasteiger partial charge in [-0.25, -0.2) is 0 Å². The molecule has 15 heavy (non-hydrogen) atoms. The zero-order valence-corrected chi connectivity index (χ0v) is 11.6. The average Bonchev–Trinajstić information content (AvgIpc) is 2.79. The van der Waals surface area contributed by atoms with Crippen LogP contribution in [0.5, 0.6) is 0 Å². The van der Waals surface area contributed by atoms with Gasteiger partial charge in [-0.05, 0) is 31.4 Å². The van der Waals surface area contributed by atoms with Crippen LogP contribution >= 0.6 is 35.3 Å². The van der Waals surface area contributed by atoms with Gasteiger partial charge in [0.05, 0.1) is 4.58 Å². The summed E-state index contributed by atoms with van der Waals surface area (Å²) in [4.78, 5) is 0. The Hall–Kier alpha value is 1.01. The van der Waals surface area contributed by atoms with Gasteiger partial charge in [-0.3, -0.25) is 0 Å². The summed E-state index contributed by atoms with van der Waals surface area (Å²) in [5.74, 6) is 4.08. The molecule has 0 aromatic rings. The lowest BCUT2D eigenvalue weighted by Gasteiger charge is -2.21. The fraction of sp³-hybridized carbons (Fsp3) is 1.00. The standard InChI is InChI=1S/C11H20OS3/c1-2-11(14-7-1)15-9-8-13-10-3-5-12-6-4-10/h10-11H,1-9H2. The number of thioether (sulfide) groups is 3. The highest BCUT2D eigenvalue weighted by atomic mass is 32.2. The summed E-state index contributed by atoms with van der Waals surface area (Å²) in [6, 6.07) is 0. The topological polar surface area (TPSA) is 9.23 Å². The second kappa shape index (κ2) is 7.36. The van der Waals surface area contributed by atoms with Crippen molar-refractivity contribution in [1.29, 1.82) is 0 Å². The van der Waals surface area contributed by atoms with Crippen molar-refractivity contribution in [3.8, 4) is 0 Å². The predicted molar refractivity (Wildman–Crippen MR) is 74.2 cm³/mol. The first kappa shape index (κ1) is 12.5. The molecule has 2 heterocycles. The van der Waals surface area contributed by atoms with E-state index in [9.17, 15) is 0 Å². The van der Waals surface area contributed by atoms with Crippen LogP contribution in [0, 0.1) is 0 Å². The molecule has 2 aliphatic heterocycles. The fourth-order valence-corrected chi connectivity index (χ4v) is 6.03. The van der Waals surface area contributed by atoms with Crippen molar-refractivity contribution in [2.24, 2.45) is 0 Å². The van der Waals surface area contributed by atoms with Gasteiger partial charge in [0.25, 0.3) is 0 Å². The molecule has 0 spiro atoms. The Labute approximate surface area is 106 Å². The Morgan fingerprint density at radius 1 is 1.07 bits per heavy atom. The van der Waals surface area contributed by atoms with E-state index >= 15 is 0 Å². The molecule has 0 bridgehead atoms. The zero-order chi connectivity index (χ0) is 10.3. The van der Waals surface area contributed by atoms with E-state index in [1.54, 1.807) is 0 Å². The van der Waals surface area contributed by atoms with Crippen LogP contribution in [0.2, 0.25) is 0 Å². The van der Waals surface area contributed by atoms with E-state index in [1.807, 2.05) is 0 Å². The molecule has 1 nitrogen and oxygen atoms in total. The van der Waals surface area contributed by atoms with Crippen LogP contribution in [-0.4, -0.2) is 40.3 Å². The summed E-state index contributed by atoms with van der Waals surface area (Å²) in [6.45, 7) is 1.98. The highest BCUT2D eigenvalue weighted by molar-refractivity contribution is 8.17. The summed E-state index contributed by atoms with van der Waals surface area (Å²) >= 11 is 6.52. The first-order valence-electron chi connectivity index (χ1n) is 5.88. The molecule has 1 unspecified atom stereocenters. The molecule has 4 heteroatoms. The van der Waals surface area contributed by atoms with Crippen molar-refractivity contribution >= 4 is 35.3 Å². The molecule has 0 N–H and O–H groups in total. The van der Waals surface area contributed by atoms with Crippen LogP contribution in [0.1, 0.15) is 25.7 Å². The van der Waals surface area contributed by atoms with E-state index in [4.69, 9.17) is 4.74 Å². The normalized spacial score (nSPS) is 28.4. The zero-order valence-electron chi connectivity index (χ0n) is 9.15. The third-order valence-corrected chi connectivity index (χ3v) is 7.43. The Kier molecular flexibility index (Phi) is 6.12. The quantitative estimate of drug-likeness (QED) is 0.703. The molecule has 2 aliphatic rings. The van der Waals surface area contributed by atoms with Crippen LogP contribution in [0.25, 0.3) is 0 Å². The lowest BCUT2D eigenvalue weighted by molar-refractivity contribution is 0.100. The Balaban J connectivity index is 1.47. The van der Waals surface area contributed by atoms with Gasteiger partial charge in [-0.2, -0.15) is 11.8 Å². The van der Waals surface area contributed by atoms with Crippen LogP contribution in [-0.2, 0) is 4.74 Å². The Morgan fingerprint density at radius 2 is 1.87 bits per heavy atom. The average molecular weight is 264 g/mol. The molecular weight excluding hydrogens is 244 g/mol. The summed E-state index contributed by atoms with van der Waals surface area (Å²) in [6.07, 6.45) is 5.42. The molecule has 2 rings (SSSR count). The summed E-state index contributed by atoms with van der Waals surface area (Å²) in [7, 11) is 0. The Bertz CT molecular complexity index is 165. The molecule has 0 radical (unpaired) electrons. The molecule has 2 fully saturated rings. The maximum absolute atomic E-state index is 5.37. The number of ether oxygens (including phenoxy) is 1. The fourth-order valence-electron chi connectivity index (χ4n) is 1.92. The summed E-state index contributed by atoms with van der Waals surface area (Å²) < 4.78 is 6.28. The minimum atomic E-state index is 0.885. The smallest absolute Gasteiger partial charge is 0.0503 e. The van der Waals surface area contributed by atoms with E-state index in [2.05, 4.69) is 35.3 Å². The van der Waals surface area contributed by atoms with Crippen LogP contribution < -0.4 is 0 Å². The van der Waals surface area contributed by atoms with E-state index in [1.165, 1.54) is 42.9 Å². The van der Waals surface area contributed by atoms with Crippen molar-refractivity contribution < 1.29 is 4.74 Å². The van der Waals surface area contributed by atoms with E-state index in [0.29, 0.717) is 0 Å². The monoisotopic (exact) mass is 264 g/mol. The number of hydrogen-bond acceptors (Lipinski definition) is 4. The van der Waals surface area contributed by atoms with Gasteiger partial charge in [-0.1, -0.05) is 0 Å². The minimum absolute atomic E-state index is 0.885. The number of rotatable bonds is 5. The second-order valence-corrected chi connectivity index (χ2v) is 8.32. The van der Waals surface area contributed by atoms with Crippen molar-refractivity contribution in [2.75, 3.05) is 30.5 Å². The SMILES string of the molecule is C1CSC(SCCSC2CCOCC2)C1. The van der Waals surface area contributed by atoms with Gasteiger partial charge in [-0.15, -0.1) is 23.5 Å². The molecule has 0 aliphatic carbocycles.